The van der Waals surface area contributed by atoms with E-state index in [-0.39, 0.29) is 0 Å². The summed E-state index contributed by atoms with van der Waals surface area (Å²) < 4.78 is 6.14. The number of allylic oxidation sites excluding steroid dienone is 1. The molecule has 0 atom stereocenters. The summed E-state index contributed by atoms with van der Waals surface area (Å²) in [5.41, 5.74) is 12.8. The lowest BCUT2D eigenvalue weighted by molar-refractivity contribution is 0.669. The van der Waals surface area contributed by atoms with E-state index in [9.17, 15) is 0 Å². The summed E-state index contributed by atoms with van der Waals surface area (Å²) in [5, 5.41) is 4.65. The second-order valence-electron chi connectivity index (χ2n) is 8.66. The normalized spacial score (nSPS) is 12.6. The van der Waals surface area contributed by atoms with E-state index < -0.39 is 0 Å². The topological polar surface area (TPSA) is 51.5 Å². The van der Waals surface area contributed by atoms with Crippen molar-refractivity contribution in [2.45, 2.75) is 6.54 Å². The molecule has 6 aromatic rings. The van der Waals surface area contributed by atoms with Crippen molar-refractivity contribution in [1.29, 1.82) is 0 Å². The van der Waals surface area contributed by atoms with Crippen LogP contribution in [0.2, 0.25) is 0 Å². The summed E-state index contributed by atoms with van der Waals surface area (Å²) in [5.74, 6) is 0. The molecule has 0 radical (unpaired) electrons. The maximum atomic E-state index is 6.51. The minimum absolute atomic E-state index is 0.552. The molecule has 2 N–H and O–H groups in total. The number of furan rings is 1. The lowest BCUT2D eigenvalue weighted by Gasteiger charge is -2.07. The largest absolute Gasteiger partial charge is 0.456 e. The molecule has 0 saturated heterocycles. The van der Waals surface area contributed by atoms with Gasteiger partial charge in [-0.1, -0.05) is 91.0 Å². The molecule has 0 saturated carbocycles. The molecule has 0 bridgehead atoms. The van der Waals surface area contributed by atoms with Gasteiger partial charge in [0.25, 0.3) is 0 Å². The lowest BCUT2D eigenvalue weighted by Crippen LogP contribution is -2.04. The maximum Gasteiger partial charge on any atom is 0.136 e. The predicted octanol–water partition coefficient (Wildman–Crippen LogP) is 7.73. The highest BCUT2D eigenvalue weighted by Crippen LogP contribution is 2.29. The zero-order valence-corrected chi connectivity index (χ0v) is 19.2. The van der Waals surface area contributed by atoms with Crippen LogP contribution in [0, 0.1) is 0 Å². The van der Waals surface area contributed by atoms with Gasteiger partial charge in [-0.2, -0.15) is 0 Å². The van der Waals surface area contributed by atoms with E-state index >= 15 is 0 Å². The van der Waals surface area contributed by atoms with Gasteiger partial charge in [-0.15, -0.1) is 0 Å². The average molecular weight is 453 g/mol. The Balaban J connectivity index is 1.43. The summed E-state index contributed by atoms with van der Waals surface area (Å²) in [4.78, 5) is 5.02. The highest BCUT2D eigenvalue weighted by atomic mass is 16.3. The number of nitrogens with zero attached hydrogens (tertiary/aromatic N) is 1. The summed E-state index contributed by atoms with van der Waals surface area (Å²) in [6.45, 7) is 0.552. The van der Waals surface area contributed by atoms with Crippen LogP contribution in [0.5, 0.6) is 0 Å². The Bertz CT molecular complexity index is 1730. The molecule has 1 aromatic heterocycles. The first-order valence-corrected chi connectivity index (χ1v) is 11.7. The fourth-order valence-corrected chi connectivity index (χ4v) is 4.48. The number of fused-ring (bicyclic) bond motifs is 4. The van der Waals surface area contributed by atoms with Crippen molar-refractivity contribution in [3.05, 3.63) is 138 Å². The van der Waals surface area contributed by atoms with Crippen molar-refractivity contribution in [2.75, 3.05) is 0 Å². The number of hydrogen-bond donors (Lipinski definition) is 1. The van der Waals surface area contributed by atoms with Gasteiger partial charge >= 0.3 is 0 Å². The summed E-state index contributed by atoms with van der Waals surface area (Å²) >= 11 is 0. The molecule has 0 fully saturated rings. The van der Waals surface area contributed by atoms with Crippen molar-refractivity contribution in [3.8, 4) is 0 Å². The zero-order chi connectivity index (χ0) is 23.6. The van der Waals surface area contributed by atoms with E-state index in [1.165, 1.54) is 10.8 Å². The Kier molecular flexibility index (Phi) is 5.36. The fraction of sp³-hybridized carbons (Fsp3) is 0.0312. The number of nitrogens with two attached hydrogens (primary N) is 1. The van der Waals surface area contributed by atoms with Crippen LogP contribution in [-0.4, -0.2) is 5.71 Å². The van der Waals surface area contributed by atoms with Gasteiger partial charge in [0.1, 0.15) is 11.2 Å². The highest BCUT2D eigenvalue weighted by Gasteiger charge is 2.10. The van der Waals surface area contributed by atoms with E-state index in [2.05, 4.69) is 66.7 Å². The SMILES string of the molecule is N/C(=C\C(=N/Cc1ccc2ccccc2c1)c1ccc2c(c1)oc1ccccc12)c1ccccc1. The number of hydrogen-bond acceptors (Lipinski definition) is 3. The Morgan fingerprint density at radius 3 is 2.29 bits per heavy atom. The van der Waals surface area contributed by atoms with Gasteiger partial charge in [0.2, 0.25) is 0 Å². The first kappa shape index (κ1) is 20.9. The molecule has 0 aliphatic rings. The van der Waals surface area contributed by atoms with Gasteiger partial charge in [0.05, 0.1) is 12.3 Å². The fourth-order valence-electron chi connectivity index (χ4n) is 4.48. The van der Waals surface area contributed by atoms with Crippen LogP contribution < -0.4 is 5.73 Å². The molecule has 1 heterocycles. The summed E-state index contributed by atoms with van der Waals surface area (Å²) in [7, 11) is 0. The Labute approximate surface area is 203 Å². The lowest BCUT2D eigenvalue weighted by atomic mass is 10.0. The second kappa shape index (κ2) is 8.96. The molecule has 5 aromatic carbocycles. The van der Waals surface area contributed by atoms with E-state index in [0.29, 0.717) is 12.2 Å². The first-order valence-electron chi connectivity index (χ1n) is 11.7. The molecule has 0 unspecified atom stereocenters. The quantitative estimate of drug-likeness (QED) is 0.272. The molecule has 6 rings (SSSR count). The van der Waals surface area contributed by atoms with Gasteiger partial charge in [-0.25, -0.2) is 0 Å². The molecule has 168 valence electrons. The van der Waals surface area contributed by atoms with Crippen LogP contribution in [-0.2, 0) is 6.54 Å². The van der Waals surface area contributed by atoms with Gasteiger partial charge in [-0.3, -0.25) is 4.99 Å². The van der Waals surface area contributed by atoms with Crippen LogP contribution in [0.15, 0.2) is 131 Å². The Morgan fingerprint density at radius 1 is 0.657 bits per heavy atom. The minimum atomic E-state index is 0.552. The number of rotatable bonds is 5. The Hall–Kier alpha value is -4.63. The van der Waals surface area contributed by atoms with E-state index in [1.807, 2.05) is 54.6 Å². The number of para-hydroxylation sites is 1. The summed E-state index contributed by atoms with van der Waals surface area (Å²) in [6.07, 6.45) is 1.96. The Morgan fingerprint density at radius 2 is 1.40 bits per heavy atom. The monoisotopic (exact) mass is 452 g/mol. The third-order valence-electron chi connectivity index (χ3n) is 6.32. The molecule has 0 aliphatic heterocycles. The first-order chi connectivity index (χ1) is 17.2. The molecule has 0 aliphatic carbocycles. The van der Waals surface area contributed by atoms with Gasteiger partial charge < -0.3 is 10.2 Å². The predicted molar refractivity (Wildman–Crippen MR) is 147 cm³/mol. The molecule has 0 spiro atoms. The van der Waals surface area contributed by atoms with Crippen molar-refractivity contribution >= 4 is 44.1 Å². The van der Waals surface area contributed by atoms with Gasteiger partial charge in [0.15, 0.2) is 0 Å². The van der Waals surface area contributed by atoms with E-state index in [0.717, 1.165) is 44.3 Å². The number of benzene rings is 5. The van der Waals surface area contributed by atoms with E-state index in [4.69, 9.17) is 15.1 Å². The van der Waals surface area contributed by atoms with Crippen LogP contribution in [0.3, 0.4) is 0 Å². The molecule has 0 amide bonds. The summed E-state index contributed by atoms with van der Waals surface area (Å²) in [6, 6.07) is 39.2. The zero-order valence-electron chi connectivity index (χ0n) is 19.2. The molecular formula is C32H24N2O. The third kappa shape index (κ3) is 4.20. The molecule has 3 heteroatoms. The van der Waals surface area contributed by atoms with Crippen LogP contribution in [0.4, 0.5) is 0 Å². The third-order valence-corrected chi connectivity index (χ3v) is 6.32. The molecule has 35 heavy (non-hydrogen) atoms. The smallest absolute Gasteiger partial charge is 0.136 e. The molecular weight excluding hydrogens is 428 g/mol. The van der Waals surface area contributed by atoms with E-state index in [1.54, 1.807) is 0 Å². The van der Waals surface area contributed by atoms with Crippen molar-refractivity contribution in [3.63, 3.8) is 0 Å². The average Bonchev–Trinajstić information content (AvgIpc) is 3.29. The van der Waals surface area contributed by atoms with Crippen molar-refractivity contribution in [1.82, 2.24) is 0 Å². The second-order valence-corrected chi connectivity index (χ2v) is 8.66. The molecule has 3 nitrogen and oxygen atoms in total. The van der Waals surface area contributed by atoms with Gasteiger partial charge in [0, 0.05) is 22.0 Å². The minimum Gasteiger partial charge on any atom is -0.456 e. The van der Waals surface area contributed by atoms with Crippen LogP contribution in [0.1, 0.15) is 16.7 Å². The maximum absolute atomic E-state index is 6.51. The number of aliphatic imine (C=N–C) groups is 1. The van der Waals surface area contributed by atoms with Crippen LogP contribution in [0.25, 0.3) is 38.4 Å². The van der Waals surface area contributed by atoms with Crippen molar-refractivity contribution in [2.24, 2.45) is 10.7 Å². The highest BCUT2D eigenvalue weighted by molar-refractivity contribution is 6.14. The standard InChI is InChI=1S/C32H24N2O/c33-29(24-9-2-1-3-10-24)20-30(34-21-22-14-15-23-8-4-5-11-25(23)18-22)26-16-17-28-27-12-6-7-13-31(27)35-32(28)19-26/h1-20H,21,33H2/b29-20-,34-30+. The van der Waals surface area contributed by atoms with Crippen molar-refractivity contribution < 1.29 is 4.42 Å². The van der Waals surface area contributed by atoms with Gasteiger partial charge in [-0.05, 0) is 52.2 Å². The van der Waals surface area contributed by atoms with Crippen LogP contribution >= 0.6 is 0 Å².